The number of pyridine rings is 1. The number of aromatic nitrogens is 1. The van der Waals surface area contributed by atoms with Crippen molar-refractivity contribution in [1.29, 1.82) is 0 Å². The van der Waals surface area contributed by atoms with Crippen LogP contribution in [0.3, 0.4) is 0 Å². The molecule has 4 nitrogen and oxygen atoms in total. The highest BCUT2D eigenvalue weighted by molar-refractivity contribution is 5.86. The summed E-state index contributed by atoms with van der Waals surface area (Å²) >= 11 is 0. The summed E-state index contributed by atoms with van der Waals surface area (Å²) in [5.74, 6) is 3.99. The molecule has 0 fully saturated rings. The van der Waals surface area contributed by atoms with E-state index in [4.69, 9.17) is 0 Å². The predicted molar refractivity (Wildman–Crippen MR) is 33.8 cm³/mol. The van der Waals surface area contributed by atoms with Crippen molar-refractivity contribution in [2.45, 2.75) is 0 Å². The molecule has 0 aliphatic carbocycles. The maximum Gasteiger partial charge on any atom is 0.375 e. The van der Waals surface area contributed by atoms with Crippen molar-refractivity contribution in [2.75, 3.05) is 0 Å². The lowest BCUT2D eigenvalue weighted by Gasteiger charge is -1.93. The van der Waals surface area contributed by atoms with Gasteiger partial charge in [-0.25, -0.2) is 9.78 Å². The number of nitrogens with zero attached hydrogens (tertiary/aromatic N) is 1. The fourth-order valence-corrected chi connectivity index (χ4v) is 0.544. The highest BCUT2D eigenvalue weighted by atomic mass is 16.7. The van der Waals surface area contributed by atoms with Crippen LogP contribution in [0.15, 0.2) is 24.4 Å². The second kappa shape index (κ2) is 2.93. The third kappa shape index (κ3) is 1.29. The zero-order valence-electron chi connectivity index (χ0n) is 5.15. The van der Waals surface area contributed by atoms with E-state index in [1.54, 1.807) is 12.1 Å². The van der Waals surface area contributed by atoms with Gasteiger partial charge in [0.05, 0.1) is 0 Å². The molecular weight excluding hydrogens is 132 g/mol. The molecule has 4 heteroatoms. The fraction of sp³-hybridized carbons (Fsp3) is 0. The van der Waals surface area contributed by atoms with Crippen LogP contribution in [0, 0.1) is 0 Å². The molecule has 1 aromatic rings. The van der Waals surface area contributed by atoms with Gasteiger partial charge in [0.25, 0.3) is 0 Å². The molecule has 10 heavy (non-hydrogen) atoms. The Labute approximate surface area is 57.6 Å². The Kier molecular flexibility index (Phi) is 1.96. The smallest absolute Gasteiger partial charge is 0.368 e. The third-order valence-corrected chi connectivity index (χ3v) is 0.981. The Balaban J connectivity index is 2.85. The molecule has 0 aliphatic rings. The van der Waals surface area contributed by atoms with E-state index in [1.807, 2.05) is 0 Å². The highest BCUT2D eigenvalue weighted by Crippen LogP contribution is 1.93. The Morgan fingerprint density at radius 3 is 2.90 bits per heavy atom. The van der Waals surface area contributed by atoms with Gasteiger partial charge in [0.2, 0.25) is 0 Å². The van der Waals surface area contributed by atoms with Crippen molar-refractivity contribution in [3.8, 4) is 0 Å². The molecule has 0 aliphatic heterocycles. The summed E-state index contributed by atoms with van der Waals surface area (Å²) < 4.78 is 0. The summed E-state index contributed by atoms with van der Waals surface area (Å²) in [6.07, 6.45) is 1.49. The minimum atomic E-state index is -0.624. The van der Waals surface area contributed by atoms with Crippen LogP contribution in [0.2, 0.25) is 0 Å². The van der Waals surface area contributed by atoms with Gasteiger partial charge in [0, 0.05) is 6.20 Å². The number of hydrogen-bond acceptors (Lipinski definition) is 4. The Bertz CT molecular complexity index is 222. The maximum atomic E-state index is 10.6. The maximum absolute atomic E-state index is 10.6. The molecule has 0 saturated carbocycles. The van der Waals surface area contributed by atoms with Gasteiger partial charge in [-0.2, -0.15) is 5.90 Å². The topological polar surface area (TPSA) is 65.2 Å². The first-order valence-electron chi connectivity index (χ1n) is 2.66. The van der Waals surface area contributed by atoms with Gasteiger partial charge in [-0.05, 0) is 12.1 Å². The normalized spacial score (nSPS) is 8.90. The molecule has 0 amide bonds. The van der Waals surface area contributed by atoms with E-state index in [1.165, 1.54) is 12.3 Å². The summed E-state index contributed by atoms with van der Waals surface area (Å²) in [5, 5.41) is 0. The average molecular weight is 138 g/mol. The molecular formula is C6H6N2O2. The molecule has 0 atom stereocenters. The average Bonchev–Trinajstić information content (AvgIpc) is 2.05. The van der Waals surface area contributed by atoms with Crippen molar-refractivity contribution in [3.63, 3.8) is 0 Å². The van der Waals surface area contributed by atoms with E-state index in [-0.39, 0.29) is 5.69 Å². The van der Waals surface area contributed by atoms with E-state index in [0.29, 0.717) is 0 Å². The Hall–Kier alpha value is -1.42. The summed E-state index contributed by atoms with van der Waals surface area (Å²) in [6, 6.07) is 4.90. The molecule has 52 valence electrons. The first kappa shape index (κ1) is 6.70. The number of carbonyl (C=O) groups excluding carboxylic acids is 1. The van der Waals surface area contributed by atoms with Crippen LogP contribution in [-0.4, -0.2) is 11.0 Å². The lowest BCUT2D eigenvalue weighted by atomic mass is 10.4. The first-order chi connectivity index (χ1) is 4.84. The molecule has 0 radical (unpaired) electrons. The number of carbonyl (C=O) groups is 1. The standard InChI is InChI=1S/C6H6N2O2/c7-10-6(9)5-3-1-2-4-8-5/h1-4H,7H2. The third-order valence-electron chi connectivity index (χ3n) is 0.981. The molecule has 1 heterocycles. The zero-order valence-corrected chi connectivity index (χ0v) is 5.15. The molecule has 0 unspecified atom stereocenters. The number of hydrogen-bond donors (Lipinski definition) is 1. The van der Waals surface area contributed by atoms with Crippen molar-refractivity contribution in [2.24, 2.45) is 5.90 Å². The van der Waals surface area contributed by atoms with Gasteiger partial charge < -0.3 is 4.84 Å². The number of rotatable bonds is 1. The van der Waals surface area contributed by atoms with Crippen LogP contribution in [0.25, 0.3) is 0 Å². The zero-order chi connectivity index (χ0) is 7.40. The Morgan fingerprint density at radius 1 is 1.60 bits per heavy atom. The van der Waals surface area contributed by atoms with E-state index in [0.717, 1.165) is 0 Å². The highest BCUT2D eigenvalue weighted by Gasteiger charge is 2.03. The lowest BCUT2D eigenvalue weighted by Crippen LogP contribution is -2.11. The fourth-order valence-electron chi connectivity index (χ4n) is 0.544. The van der Waals surface area contributed by atoms with Gasteiger partial charge >= 0.3 is 5.97 Å². The van der Waals surface area contributed by atoms with Crippen LogP contribution >= 0.6 is 0 Å². The molecule has 0 saturated heterocycles. The second-order valence-corrected chi connectivity index (χ2v) is 1.62. The summed E-state index contributed by atoms with van der Waals surface area (Å²) in [5.41, 5.74) is 0.213. The summed E-state index contributed by atoms with van der Waals surface area (Å²) in [4.78, 5) is 18.2. The predicted octanol–water partition coefficient (Wildman–Crippen LogP) is 0.112. The SMILES string of the molecule is NOC(=O)c1ccccn1. The molecule has 2 N–H and O–H groups in total. The van der Waals surface area contributed by atoms with Crippen molar-refractivity contribution < 1.29 is 9.63 Å². The largest absolute Gasteiger partial charge is 0.375 e. The first-order valence-corrected chi connectivity index (χ1v) is 2.66. The van der Waals surface area contributed by atoms with Crippen LogP contribution in [0.5, 0.6) is 0 Å². The summed E-state index contributed by atoms with van der Waals surface area (Å²) in [6.45, 7) is 0. The minimum absolute atomic E-state index is 0.213. The second-order valence-electron chi connectivity index (χ2n) is 1.62. The van der Waals surface area contributed by atoms with E-state index in [2.05, 4.69) is 15.7 Å². The Morgan fingerprint density at radius 2 is 2.40 bits per heavy atom. The van der Waals surface area contributed by atoms with E-state index >= 15 is 0 Å². The monoisotopic (exact) mass is 138 g/mol. The molecule has 0 aromatic carbocycles. The lowest BCUT2D eigenvalue weighted by molar-refractivity contribution is 0.0496. The molecule has 0 spiro atoms. The van der Waals surface area contributed by atoms with E-state index < -0.39 is 5.97 Å². The summed E-state index contributed by atoms with van der Waals surface area (Å²) in [7, 11) is 0. The quantitative estimate of drug-likeness (QED) is 0.559. The van der Waals surface area contributed by atoms with Crippen molar-refractivity contribution in [3.05, 3.63) is 30.1 Å². The minimum Gasteiger partial charge on any atom is -0.368 e. The van der Waals surface area contributed by atoms with Crippen molar-refractivity contribution in [1.82, 2.24) is 4.98 Å². The van der Waals surface area contributed by atoms with Crippen LogP contribution in [0.1, 0.15) is 10.5 Å². The molecule has 1 rings (SSSR count). The van der Waals surface area contributed by atoms with Gasteiger partial charge in [-0.1, -0.05) is 6.07 Å². The van der Waals surface area contributed by atoms with Gasteiger partial charge in [-0.3, -0.25) is 0 Å². The number of nitrogens with two attached hydrogens (primary N) is 1. The van der Waals surface area contributed by atoms with Gasteiger partial charge in [0.1, 0.15) is 5.69 Å². The van der Waals surface area contributed by atoms with Crippen LogP contribution in [-0.2, 0) is 4.84 Å². The van der Waals surface area contributed by atoms with Gasteiger partial charge in [0.15, 0.2) is 0 Å². The van der Waals surface area contributed by atoms with Gasteiger partial charge in [-0.15, -0.1) is 0 Å². The van der Waals surface area contributed by atoms with E-state index in [9.17, 15) is 4.79 Å². The van der Waals surface area contributed by atoms with Crippen LogP contribution < -0.4 is 5.90 Å². The van der Waals surface area contributed by atoms with Crippen LogP contribution in [0.4, 0.5) is 0 Å². The molecule has 0 bridgehead atoms. The van der Waals surface area contributed by atoms with Crippen molar-refractivity contribution >= 4 is 5.97 Å². The molecule has 1 aromatic heterocycles.